The molecule has 0 aliphatic heterocycles. The van der Waals surface area contributed by atoms with Gasteiger partial charge in [-0.15, -0.1) is 5.10 Å². The van der Waals surface area contributed by atoms with E-state index in [0.29, 0.717) is 17.4 Å². The number of nitrogens with one attached hydrogen (secondary N) is 1. The Balaban J connectivity index is 1.57. The van der Waals surface area contributed by atoms with E-state index >= 15 is 0 Å². The Bertz CT molecular complexity index is 938. The van der Waals surface area contributed by atoms with Crippen molar-refractivity contribution in [2.75, 3.05) is 5.75 Å². The number of tetrazole rings is 1. The van der Waals surface area contributed by atoms with Crippen molar-refractivity contribution < 1.29 is 14.7 Å². The van der Waals surface area contributed by atoms with Crippen LogP contribution in [0.15, 0.2) is 53.7 Å². The molecule has 0 aliphatic carbocycles. The van der Waals surface area contributed by atoms with Crippen molar-refractivity contribution in [1.29, 1.82) is 0 Å². The number of hydrogen-bond donors (Lipinski definition) is 2. The van der Waals surface area contributed by atoms with E-state index in [1.54, 1.807) is 12.1 Å². The first-order chi connectivity index (χ1) is 13.0. The maximum absolute atomic E-state index is 12.1. The number of carbonyl (C=O) groups excluding carboxylic acids is 1. The van der Waals surface area contributed by atoms with Crippen LogP contribution in [0.25, 0.3) is 5.69 Å². The first-order valence-corrected chi connectivity index (χ1v) is 9.08. The maximum atomic E-state index is 12.1. The predicted molar refractivity (Wildman–Crippen MR) is 99.9 cm³/mol. The van der Waals surface area contributed by atoms with E-state index < -0.39 is 5.97 Å². The number of aromatic nitrogens is 4. The summed E-state index contributed by atoms with van der Waals surface area (Å²) in [5, 5.41) is 23.7. The fraction of sp³-hybridized carbons (Fsp3) is 0.167. The van der Waals surface area contributed by atoms with Gasteiger partial charge in [-0.3, -0.25) is 4.79 Å². The Hall–Kier alpha value is -3.20. The van der Waals surface area contributed by atoms with Gasteiger partial charge >= 0.3 is 5.97 Å². The van der Waals surface area contributed by atoms with E-state index in [1.807, 2.05) is 31.2 Å². The molecule has 0 spiro atoms. The summed E-state index contributed by atoms with van der Waals surface area (Å²) in [6.07, 6.45) is 0. The van der Waals surface area contributed by atoms with Crippen molar-refractivity contribution in [3.8, 4) is 5.69 Å². The molecule has 1 heterocycles. The third-order valence-corrected chi connectivity index (χ3v) is 4.66. The van der Waals surface area contributed by atoms with Crippen molar-refractivity contribution in [3.05, 3.63) is 65.2 Å². The van der Waals surface area contributed by atoms with Crippen LogP contribution in [0.2, 0.25) is 0 Å². The van der Waals surface area contributed by atoms with E-state index in [-0.39, 0.29) is 17.2 Å². The highest BCUT2D eigenvalue weighted by atomic mass is 32.2. The molecular formula is C18H17N5O3S. The minimum absolute atomic E-state index is 0.128. The van der Waals surface area contributed by atoms with Crippen molar-refractivity contribution in [1.82, 2.24) is 25.5 Å². The van der Waals surface area contributed by atoms with Gasteiger partial charge in [0.2, 0.25) is 11.1 Å². The number of rotatable bonds is 7. The van der Waals surface area contributed by atoms with Crippen LogP contribution in [0, 0.1) is 6.92 Å². The number of thioether (sulfide) groups is 1. The number of aryl methyl sites for hydroxylation is 1. The average molecular weight is 383 g/mol. The number of carbonyl (C=O) groups is 2. The fourth-order valence-corrected chi connectivity index (χ4v) is 2.98. The van der Waals surface area contributed by atoms with E-state index in [9.17, 15) is 9.59 Å². The first kappa shape index (κ1) is 18.6. The van der Waals surface area contributed by atoms with Gasteiger partial charge in [0.25, 0.3) is 0 Å². The van der Waals surface area contributed by atoms with Crippen molar-refractivity contribution in [2.24, 2.45) is 0 Å². The molecule has 27 heavy (non-hydrogen) atoms. The van der Waals surface area contributed by atoms with Gasteiger partial charge in [-0.1, -0.05) is 41.6 Å². The molecule has 0 radical (unpaired) electrons. The van der Waals surface area contributed by atoms with Gasteiger partial charge in [-0.2, -0.15) is 4.68 Å². The van der Waals surface area contributed by atoms with E-state index in [0.717, 1.165) is 5.56 Å². The van der Waals surface area contributed by atoms with E-state index in [1.165, 1.54) is 34.1 Å². The minimum Gasteiger partial charge on any atom is -0.478 e. The van der Waals surface area contributed by atoms with Crippen LogP contribution in [-0.4, -0.2) is 42.9 Å². The predicted octanol–water partition coefficient (Wildman–Crippen LogP) is 2.08. The second kappa shape index (κ2) is 8.45. The molecule has 0 unspecified atom stereocenters. The average Bonchev–Trinajstić information content (AvgIpc) is 3.14. The summed E-state index contributed by atoms with van der Waals surface area (Å²) >= 11 is 1.20. The zero-order valence-electron chi connectivity index (χ0n) is 14.5. The monoisotopic (exact) mass is 383 g/mol. The van der Waals surface area contributed by atoms with Gasteiger partial charge in [0.05, 0.1) is 17.0 Å². The van der Waals surface area contributed by atoms with Crippen molar-refractivity contribution in [2.45, 2.75) is 18.6 Å². The molecule has 0 fully saturated rings. The molecule has 8 nitrogen and oxygen atoms in total. The molecule has 0 bridgehead atoms. The highest BCUT2D eigenvalue weighted by molar-refractivity contribution is 7.99. The van der Waals surface area contributed by atoms with E-state index in [2.05, 4.69) is 20.8 Å². The lowest BCUT2D eigenvalue weighted by Crippen LogP contribution is -2.24. The number of carboxylic acids is 1. The SMILES string of the molecule is Cc1ccc(CNC(=O)CSc2nnnn2-c2ccc(C(=O)O)cc2)cc1. The van der Waals surface area contributed by atoms with Gasteiger partial charge in [-0.05, 0) is 47.2 Å². The molecule has 2 N–H and O–H groups in total. The number of nitrogens with zero attached hydrogens (tertiary/aromatic N) is 4. The number of aromatic carboxylic acids is 1. The molecular weight excluding hydrogens is 366 g/mol. The molecule has 0 aliphatic rings. The summed E-state index contributed by atoms with van der Waals surface area (Å²) in [6, 6.07) is 14.1. The van der Waals surface area contributed by atoms with Gasteiger partial charge in [0.15, 0.2) is 0 Å². The molecule has 0 atom stereocenters. The Morgan fingerprint density at radius 2 is 1.81 bits per heavy atom. The quantitative estimate of drug-likeness (QED) is 0.601. The molecule has 1 aromatic heterocycles. The van der Waals surface area contributed by atoms with Crippen LogP contribution in [0.1, 0.15) is 21.5 Å². The smallest absolute Gasteiger partial charge is 0.335 e. The third-order valence-electron chi connectivity index (χ3n) is 3.74. The molecule has 3 rings (SSSR count). The Morgan fingerprint density at radius 3 is 2.48 bits per heavy atom. The van der Waals surface area contributed by atoms with Crippen LogP contribution in [0.5, 0.6) is 0 Å². The van der Waals surface area contributed by atoms with Gasteiger partial charge in [0.1, 0.15) is 0 Å². The number of amides is 1. The molecule has 3 aromatic rings. The fourth-order valence-electron chi connectivity index (χ4n) is 2.26. The summed E-state index contributed by atoms with van der Waals surface area (Å²) in [4.78, 5) is 23.0. The van der Waals surface area contributed by atoms with Crippen LogP contribution in [0.4, 0.5) is 0 Å². The van der Waals surface area contributed by atoms with Crippen molar-refractivity contribution >= 4 is 23.6 Å². The van der Waals surface area contributed by atoms with Gasteiger partial charge in [0, 0.05) is 6.54 Å². The first-order valence-electron chi connectivity index (χ1n) is 8.10. The highest BCUT2D eigenvalue weighted by Crippen LogP contribution is 2.18. The highest BCUT2D eigenvalue weighted by Gasteiger charge is 2.12. The third kappa shape index (κ3) is 4.91. The standard InChI is InChI=1S/C18H17N5O3S/c1-12-2-4-13(5-3-12)10-19-16(24)11-27-18-20-21-22-23(18)15-8-6-14(7-9-15)17(25)26/h2-9H,10-11H2,1H3,(H,19,24)(H,25,26). The lowest BCUT2D eigenvalue weighted by atomic mass is 10.1. The molecule has 2 aromatic carbocycles. The topological polar surface area (TPSA) is 110 Å². The molecule has 0 saturated heterocycles. The molecule has 9 heteroatoms. The summed E-state index contributed by atoms with van der Waals surface area (Å²) < 4.78 is 1.46. The molecule has 0 saturated carbocycles. The number of benzene rings is 2. The van der Waals surface area contributed by atoms with Crippen LogP contribution >= 0.6 is 11.8 Å². The Kier molecular flexibility index (Phi) is 5.82. The lowest BCUT2D eigenvalue weighted by molar-refractivity contribution is -0.118. The maximum Gasteiger partial charge on any atom is 0.335 e. The van der Waals surface area contributed by atoms with Gasteiger partial charge in [-0.25, -0.2) is 4.79 Å². The number of carboxylic acid groups (broad SMARTS) is 1. The van der Waals surface area contributed by atoms with E-state index in [4.69, 9.17) is 5.11 Å². The molecule has 1 amide bonds. The Labute approximate surface area is 159 Å². The van der Waals surface area contributed by atoms with Crippen molar-refractivity contribution in [3.63, 3.8) is 0 Å². The summed E-state index contributed by atoms with van der Waals surface area (Å²) in [5.74, 6) is -0.964. The summed E-state index contributed by atoms with van der Waals surface area (Å²) in [5.41, 5.74) is 3.00. The zero-order chi connectivity index (χ0) is 19.2. The zero-order valence-corrected chi connectivity index (χ0v) is 15.3. The second-order valence-corrected chi connectivity index (χ2v) is 6.72. The summed E-state index contributed by atoms with van der Waals surface area (Å²) in [7, 11) is 0. The Morgan fingerprint density at radius 1 is 1.11 bits per heavy atom. The second-order valence-electron chi connectivity index (χ2n) is 5.78. The normalized spacial score (nSPS) is 10.6. The largest absolute Gasteiger partial charge is 0.478 e. The van der Waals surface area contributed by atoms with Gasteiger partial charge < -0.3 is 10.4 Å². The lowest BCUT2D eigenvalue weighted by Gasteiger charge is -2.06. The van der Waals surface area contributed by atoms with Crippen LogP contribution in [-0.2, 0) is 11.3 Å². The van der Waals surface area contributed by atoms with Crippen LogP contribution < -0.4 is 5.32 Å². The summed E-state index contributed by atoms with van der Waals surface area (Å²) in [6.45, 7) is 2.47. The molecule has 138 valence electrons. The number of hydrogen-bond acceptors (Lipinski definition) is 6. The minimum atomic E-state index is -1.00. The van der Waals surface area contributed by atoms with Crippen LogP contribution in [0.3, 0.4) is 0 Å².